The lowest BCUT2D eigenvalue weighted by molar-refractivity contribution is -0.150. The Morgan fingerprint density at radius 3 is 2.59 bits per heavy atom. The highest BCUT2D eigenvalue weighted by atomic mass is 32.1. The van der Waals surface area contributed by atoms with E-state index in [0.717, 1.165) is 34.9 Å². The molecule has 8 atom stereocenters. The molecule has 0 radical (unpaired) electrons. The van der Waals surface area contributed by atoms with Gasteiger partial charge in [0.05, 0.1) is 17.6 Å². The van der Waals surface area contributed by atoms with Gasteiger partial charge in [-0.05, 0) is 115 Å². The predicted molar refractivity (Wildman–Crippen MR) is 220 cm³/mol. The molecule has 5 heterocycles. The van der Waals surface area contributed by atoms with Gasteiger partial charge in [-0.2, -0.15) is 0 Å². The molecule has 9 rings (SSSR count). The number of rotatable bonds is 13. The number of ether oxygens (including phenoxy) is 1. The number of nitrogens with zero attached hydrogens (tertiary/aromatic N) is 3. The third kappa shape index (κ3) is 7.02. The SMILES string of the molecule is CCCOC(=O)[C@@H](C)NP(=O)(Cc1ccc2sc(C(=O)N[C@H]3CC45CC4[C@]5(C)C[C@H]4CC[C@@H](C(=O)N5CC(c6cccnc6)C5)N4C3=O)cc2c1)Oc1ccccc1. The van der Waals surface area contributed by atoms with Crippen molar-refractivity contribution in [3.05, 3.63) is 95.1 Å². The molecule has 12 nitrogen and oxygen atoms in total. The van der Waals surface area contributed by atoms with Gasteiger partial charge in [-0.15, -0.1) is 11.3 Å². The van der Waals surface area contributed by atoms with Gasteiger partial charge in [-0.1, -0.05) is 44.2 Å². The van der Waals surface area contributed by atoms with Gasteiger partial charge in [-0.3, -0.25) is 28.7 Å². The number of carbonyl (C=O) groups is 4. The molecule has 5 fully saturated rings. The summed E-state index contributed by atoms with van der Waals surface area (Å²) in [6.45, 7) is 7.34. The van der Waals surface area contributed by atoms with Crippen molar-refractivity contribution >= 4 is 52.6 Å². The molecule has 3 amide bonds. The van der Waals surface area contributed by atoms with Gasteiger partial charge in [0.2, 0.25) is 11.8 Å². The highest BCUT2D eigenvalue weighted by Crippen LogP contribution is 2.91. The molecule has 2 aliphatic carbocycles. The van der Waals surface area contributed by atoms with E-state index in [1.165, 1.54) is 11.3 Å². The fraction of sp³-hybridized carbons (Fsp3) is 0.477. The van der Waals surface area contributed by atoms with Crippen LogP contribution in [0.3, 0.4) is 0 Å². The van der Waals surface area contributed by atoms with Crippen LogP contribution in [0.5, 0.6) is 5.75 Å². The second-order valence-corrected chi connectivity index (χ2v) is 20.4. The number of amides is 3. The van der Waals surface area contributed by atoms with E-state index in [9.17, 15) is 23.7 Å². The van der Waals surface area contributed by atoms with Crippen LogP contribution in [-0.4, -0.2) is 82.3 Å². The molecule has 14 heteroatoms. The zero-order valence-corrected chi connectivity index (χ0v) is 34.8. The van der Waals surface area contributed by atoms with Crippen LogP contribution in [0.1, 0.15) is 86.0 Å². The van der Waals surface area contributed by atoms with Crippen molar-refractivity contribution in [2.24, 2.45) is 16.7 Å². The van der Waals surface area contributed by atoms with Crippen LogP contribution in [-0.2, 0) is 29.8 Å². The molecule has 4 aromatic rings. The molecule has 304 valence electrons. The molecule has 3 unspecified atom stereocenters. The van der Waals surface area contributed by atoms with Crippen LogP contribution in [0.25, 0.3) is 10.1 Å². The summed E-state index contributed by atoms with van der Waals surface area (Å²) in [5.41, 5.74) is 2.02. The number of carbonyl (C=O) groups excluding carboxylic acids is 4. The molecular formula is C44H50N5O7PS. The van der Waals surface area contributed by atoms with Crippen molar-refractivity contribution in [2.45, 2.75) is 95.5 Å². The average molecular weight is 824 g/mol. The molecule has 2 saturated carbocycles. The van der Waals surface area contributed by atoms with Crippen molar-refractivity contribution in [3.63, 3.8) is 0 Å². The van der Waals surface area contributed by atoms with Crippen molar-refractivity contribution in [1.29, 1.82) is 0 Å². The van der Waals surface area contributed by atoms with E-state index in [1.807, 2.05) is 59.3 Å². The van der Waals surface area contributed by atoms with Crippen LogP contribution in [0, 0.1) is 16.7 Å². The summed E-state index contributed by atoms with van der Waals surface area (Å²) in [5, 5.41) is 6.87. The molecular weight excluding hydrogens is 774 g/mol. The van der Waals surface area contributed by atoms with E-state index in [-0.39, 0.29) is 53.3 Å². The summed E-state index contributed by atoms with van der Waals surface area (Å²) in [6, 6.07) is 18.1. The Hall–Kier alpha value is -4.58. The van der Waals surface area contributed by atoms with Gasteiger partial charge in [-0.25, -0.2) is 5.09 Å². The Balaban J connectivity index is 0.914. The third-order valence-electron chi connectivity index (χ3n) is 13.5. The fourth-order valence-corrected chi connectivity index (χ4v) is 13.2. The number of thiophene rings is 1. The lowest BCUT2D eigenvalue weighted by Crippen LogP contribution is -2.60. The molecule has 2 N–H and O–H groups in total. The Kier molecular flexibility index (Phi) is 10.0. The summed E-state index contributed by atoms with van der Waals surface area (Å²) >= 11 is 1.33. The van der Waals surface area contributed by atoms with Crippen LogP contribution < -0.4 is 14.9 Å². The fourth-order valence-electron chi connectivity index (χ4n) is 10.2. The van der Waals surface area contributed by atoms with E-state index in [1.54, 1.807) is 43.5 Å². The first kappa shape index (κ1) is 38.9. The van der Waals surface area contributed by atoms with Crippen LogP contribution in [0.2, 0.25) is 0 Å². The number of para-hydroxylation sites is 1. The Morgan fingerprint density at radius 2 is 1.84 bits per heavy atom. The lowest BCUT2D eigenvalue weighted by Gasteiger charge is -2.44. The van der Waals surface area contributed by atoms with Crippen molar-refractivity contribution < 1.29 is 33.0 Å². The zero-order valence-electron chi connectivity index (χ0n) is 33.1. The molecule has 3 aliphatic heterocycles. The summed E-state index contributed by atoms with van der Waals surface area (Å²) in [4.78, 5) is 63.8. The first-order valence-corrected chi connectivity index (χ1v) is 23.2. The Morgan fingerprint density at radius 1 is 1.03 bits per heavy atom. The Labute approximate surface area is 342 Å². The smallest absolute Gasteiger partial charge is 0.323 e. The molecule has 0 bridgehead atoms. The maximum Gasteiger partial charge on any atom is 0.323 e. The summed E-state index contributed by atoms with van der Waals surface area (Å²) in [6.07, 6.45) is 8.26. The average Bonchev–Trinajstić information content (AvgIpc) is 3.84. The first-order chi connectivity index (χ1) is 27.9. The molecule has 58 heavy (non-hydrogen) atoms. The number of benzene rings is 2. The largest absolute Gasteiger partial charge is 0.465 e. The first-order valence-electron chi connectivity index (χ1n) is 20.5. The van der Waals surface area contributed by atoms with Gasteiger partial charge in [0.15, 0.2) is 0 Å². The zero-order chi connectivity index (χ0) is 40.4. The van der Waals surface area contributed by atoms with E-state index in [4.69, 9.17) is 9.26 Å². The van der Waals surface area contributed by atoms with Gasteiger partial charge >= 0.3 is 13.5 Å². The predicted octanol–water partition coefficient (Wildman–Crippen LogP) is 6.90. The quantitative estimate of drug-likeness (QED) is 0.109. The Bertz CT molecular complexity index is 2300. The van der Waals surface area contributed by atoms with Gasteiger partial charge in [0.25, 0.3) is 5.91 Å². The van der Waals surface area contributed by atoms with Gasteiger partial charge < -0.3 is 24.4 Å². The minimum absolute atomic E-state index is 0.00238. The normalized spacial score (nSPS) is 28.8. The molecule has 1 spiro atoms. The number of esters is 1. The van der Waals surface area contributed by atoms with Crippen LogP contribution in [0.15, 0.2) is 79.1 Å². The second kappa shape index (κ2) is 14.9. The topological polar surface area (TPSA) is 147 Å². The van der Waals surface area contributed by atoms with Crippen LogP contribution in [0.4, 0.5) is 0 Å². The molecule has 2 aromatic carbocycles. The maximum absolute atomic E-state index is 14.6. The van der Waals surface area contributed by atoms with Gasteiger partial charge in [0.1, 0.15) is 23.9 Å². The monoisotopic (exact) mass is 823 g/mol. The standard InChI is InChI=1S/C44H50N5O7PS/c1-4-17-55-42(53)27(2)47-57(54,56-33-10-6-5-7-11-33)26-28-12-15-36-30(18-28)19-37(58-36)39(50)46-34-21-44-22-38(44)43(44,3)20-32-13-14-35(49(32)40(34)51)41(52)48-24-31(25-48)29-9-8-16-45-23-29/h5-12,15-16,18-19,23,27,31-32,34-35,38H,4,13-14,17,20-22,24-26H2,1-3H3,(H,46,50)(H,47,54)/t27-,32-,34+,35+,38?,43+,44?,57?/m1/s1. The van der Waals surface area contributed by atoms with Crippen molar-refractivity contribution in [3.8, 4) is 5.75 Å². The number of hydrogen-bond acceptors (Lipinski definition) is 9. The van der Waals surface area contributed by atoms with Crippen LogP contribution >= 0.6 is 18.9 Å². The number of hydrogen-bond donors (Lipinski definition) is 2. The van der Waals surface area contributed by atoms with E-state index < -0.39 is 31.6 Å². The van der Waals surface area contributed by atoms with Crippen molar-refractivity contribution in [2.75, 3.05) is 19.7 Å². The number of aromatic nitrogens is 1. The number of fused-ring (bicyclic) bond motifs is 3. The summed E-state index contributed by atoms with van der Waals surface area (Å²) in [7, 11) is -3.69. The maximum atomic E-state index is 14.6. The number of pyridine rings is 1. The number of nitrogens with one attached hydrogen (secondary N) is 2. The minimum Gasteiger partial charge on any atom is -0.465 e. The second-order valence-electron chi connectivity index (χ2n) is 17.2. The summed E-state index contributed by atoms with van der Waals surface area (Å²) in [5.74, 6) is 0.226. The van der Waals surface area contributed by atoms with E-state index in [2.05, 4.69) is 22.3 Å². The van der Waals surface area contributed by atoms with Crippen molar-refractivity contribution in [1.82, 2.24) is 25.2 Å². The van der Waals surface area contributed by atoms with E-state index in [0.29, 0.717) is 54.5 Å². The third-order valence-corrected chi connectivity index (χ3v) is 16.7. The number of likely N-dealkylation sites (tertiary alicyclic amines) is 1. The highest BCUT2D eigenvalue weighted by Gasteiger charge is 2.86. The highest BCUT2D eigenvalue weighted by molar-refractivity contribution is 7.56. The lowest BCUT2D eigenvalue weighted by atomic mass is 9.79. The molecule has 5 aliphatic rings. The summed E-state index contributed by atoms with van der Waals surface area (Å²) < 4.78 is 26.6. The molecule has 2 aromatic heterocycles. The van der Waals surface area contributed by atoms with E-state index >= 15 is 0 Å². The van der Waals surface area contributed by atoms with Gasteiger partial charge in [0, 0.05) is 42.1 Å². The molecule has 3 saturated heterocycles. The minimum atomic E-state index is -3.69.